The molecule has 0 aliphatic carbocycles. The molecule has 2 aromatic heterocycles. The standard InChI is InChI=1S/C16H25N5O3S/c1-3-25(22,23)18-7-4-14-9-20(11-15-8-13(2)24-19-15)12-16-5-6-17-21(16)10-14/h5-6,8,14,18H,3-4,7,9-12H2,1-2H3. The van der Waals surface area contributed by atoms with Crippen LogP contribution in [0.15, 0.2) is 22.9 Å². The summed E-state index contributed by atoms with van der Waals surface area (Å²) in [5, 5.41) is 8.49. The third-order valence-electron chi connectivity index (χ3n) is 4.45. The predicted molar refractivity (Wildman–Crippen MR) is 93.2 cm³/mol. The Bertz CT molecular complexity index is 798. The van der Waals surface area contributed by atoms with E-state index in [1.807, 2.05) is 29.9 Å². The molecule has 3 rings (SSSR count). The highest BCUT2D eigenvalue weighted by molar-refractivity contribution is 7.89. The topological polar surface area (TPSA) is 93.3 Å². The smallest absolute Gasteiger partial charge is 0.211 e. The maximum Gasteiger partial charge on any atom is 0.211 e. The molecule has 1 aliphatic heterocycles. The lowest BCUT2D eigenvalue weighted by molar-refractivity contribution is 0.209. The van der Waals surface area contributed by atoms with Crippen LogP contribution in [-0.4, -0.2) is 47.1 Å². The molecule has 0 aromatic carbocycles. The molecule has 8 nitrogen and oxygen atoms in total. The third-order valence-corrected chi connectivity index (χ3v) is 5.86. The zero-order chi connectivity index (χ0) is 17.9. The summed E-state index contributed by atoms with van der Waals surface area (Å²) in [7, 11) is -3.15. The fraction of sp³-hybridized carbons (Fsp3) is 0.625. The molecule has 1 N–H and O–H groups in total. The summed E-state index contributed by atoms with van der Waals surface area (Å²) in [6.45, 7) is 7.15. The number of fused-ring (bicyclic) bond motifs is 1. The van der Waals surface area contributed by atoms with Crippen molar-refractivity contribution in [1.29, 1.82) is 0 Å². The van der Waals surface area contributed by atoms with E-state index in [0.717, 1.165) is 43.2 Å². The van der Waals surface area contributed by atoms with Gasteiger partial charge in [-0.1, -0.05) is 5.16 Å². The predicted octanol–water partition coefficient (Wildman–Crippen LogP) is 1.14. The van der Waals surface area contributed by atoms with Gasteiger partial charge >= 0.3 is 0 Å². The van der Waals surface area contributed by atoms with Crippen molar-refractivity contribution < 1.29 is 12.9 Å². The summed E-state index contributed by atoms with van der Waals surface area (Å²) < 4.78 is 33.1. The Morgan fingerprint density at radius 1 is 1.40 bits per heavy atom. The van der Waals surface area contributed by atoms with Gasteiger partial charge in [0.25, 0.3) is 0 Å². The van der Waals surface area contributed by atoms with Gasteiger partial charge in [-0.3, -0.25) is 9.58 Å². The van der Waals surface area contributed by atoms with Crippen molar-refractivity contribution in [1.82, 2.24) is 24.6 Å². The van der Waals surface area contributed by atoms with E-state index in [0.29, 0.717) is 19.0 Å². The fourth-order valence-electron chi connectivity index (χ4n) is 3.17. The number of aryl methyl sites for hydroxylation is 1. The molecular formula is C16H25N5O3S. The maximum atomic E-state index is 11.6. The highest BCUT2D eigenvalue weighted by Gasteiger charge is 2.23. The number of hydrogen-bond donors (Lipinski definition) is 1. The van der Waals surface area contributed by atoms with E-state index in [9.17, 15) is 8.42 Å². The molecule has 2 aromatic rings. The molecule has 1 aliphatic rings. The van der Waals surface area contributed by atoms with Crippen LogP contribution in [0.25, 0.3) is 0 Å². The van der Waals surface area contributed by atoms with Crippen LogP contribution >= 0.6 is 0 Å². The molecule has 1 unspecified atom stereocenters. The summed E-state index contributed by atoms with van der Waals surface area (Å²) in [4.78, 5) is 2.32. The fourth-order valence-corrected chi connectivity index (χ4v) is 3.80. The van der Waals surface area contributed by atoms with Crippen molar-refractivity contribution in [2.45, 2.75) is 39.9 Å². The minimum atomic E-state index is -3.15. The normalized spacial score (nSPS) is 18.9. The molecule has 138 valence electrons. The first-order valence-electron chi connectivity index (χ1n) is 8.58. The van der Waals surface area contributed by atoms with Gasteiger partial charge in [-0.05, 0) is 32.3 Å². The Hall–Kier alpha value is -1.71. The Morgan fingerprint density at radius 2 is 2.24 bits per heavy atom. The molecule has 0 saturated carbocycles. The molecule has 1 atom stereocenters. The molecular weight excluding hydrogens is 342 g/mol. The van der Waals surface area contributed by atoms with Gasteiger partial charge in [-0.2, -0.15) is 5.10 Å². The van der Waals surface area contributed by atoms with Gasteiger partial charge in [0.1, 0.15) is 5.76 Å². The number of rotatable bonds is 7. The van der Waals surface area contributed by atoms with E-state index in [2.05, 4.69) is 19.9 Å². The van der Waals surface area contributed by atoms with Crippen molar-refractivity contribution in [2.24, 2.45) is 5.92 Å². The third kappa shape index (κ3) is 4.90. The molecule has 3 heterocycles. The van der Waals surface area contributed by atoms with Crippen LogP contribution in [-0.2, 0) is 29.7 Å². The van der Waals surface area contributed by atoms with E-state index < -0.39 is 10.0 Å². The number of nitrogens with one attached hydrogen (secondary N) is 1. The van der Waals surface area contributed by atoms with Gasteiger partial charge in [-0.25, -0.2) is 13.1 Å². The van der Waals surface area contributed by atoms with Gasteiger partial charge < -0.3 is 4.52 Å². The molecule has 0 radical (unpaired) electrons. The van der Waals surface area contributed by atoms with Gasteiger partial charge in [0, 0.05) is 45.0 Å². The lowest BCUT2D eigenvalue weighted by atomic mass is 10.1. The van der Waals surface area contributed by atoms with Crippen LogP contribution in [0.2, 0.25) is 0 Å². The van der Waals surface area contributed by atoms with Gasteiger partial charge in [0.05, 0.1) is 17.1 Å². The largest absolute Gasteiger partial charge is 0.361 e. The minimum absolute atomic E-state index is 0.110. The van der Waals surface area contributed by atoms with E-state index in [1.54, 1.807) is 6.92 Å². The maximum absolute atomic E-state index is 11.6. The van der Waals surface area contributed by atoms with Crippen molar-refractivity contribution in [3.63, 3.8) is 0 Å². The second-order valence-corrected chi connectivity index (χ2v) is 8.65. The SMILES string of the molecule is CCS(=O)(=O)NCCC1CN(Cc2cc(C)on2)Cc2ccnn2C1. The van der Waals surface area contributed by atoms with Crippen LogP contribution in [0, 0.1) is 12.8 Å². The average Bonchev–Trinajstić information content (AvgIpc) is 3.12. The summed E-state index contributed by atoms with van der Waals surface area (Å²) in [6.07, 6.45) is 2.59. The second kappa shape index (κ2) is 7.67. The first-order valence-corrected chi connectivity index (χ1v) is 10.2. The minimum Gasteiger partial charge on any atom is -0.361 e. The Morgan fingerprint density at radius 3 is 2.96 bits per heavy atom. The molecule has 25 heavy (non-hydrogen) atoms. The van der Waals surface area contributed by atoms with Crippen molar-refractivity contribution in [3.05, 3.63) is 35.5 Å². The average molecular weight is 367 g/mol. The monoisotopic (exact) mass is 367 g/mol. The first-order chi connectivity index (χ1) is 11.9. The molecule has 0 spiro atoms. The number of nitrogens with zero attached hydrogens (tertiary/aromatic N) is 4. The highest BCUT2D eigenvalue weighted by Crippen LogP contribution is 2.20. The number of sulfonamides is 1. The van der Waals surface area contributed by atoms with Crippen LogP contribution in [0.5, 0.6) is 0 Å². The van der Waals surface area contributed by atoms with E-state index in [4.69, 9.17) is 4.52 Å². The Labute approximate surface area is 148 Å². The first kappa shape index (κ1) is 18.1. The van der Waals surface area contributed by atoms with Crippen molar-refractivity contribution in [3.8, 4) is 0 Å². The van der Waals surface area contributed by atoms with E-state index in [-0.39, 0.29) is 5.75 Å². The highest BCUT2D eigenvalue weighted by atomic mass is 32.2. The zero-order valence-corrected chi connectivity index (χ0v) is 15.5. The Balaban J connectivity index is 1.66. The molecule has 0 bridgehead atoms. The number of hydrogen-bond acceptors (Lipinski definition) is 6. The van der Waals surface area contributed by atoms with Gasteiger partial charge in [-0.15, -0.1) is 0 Å². The summed E-state index contributed by atoms with van der Waals surface area (Å²) in [5.41, 5.74) is 2.08. The zero-order valence-electron chi connectivity index (χ0n) is 14.7. The van der Waals surface area contributed by atoms with Crippen LogP contribution in [0.1, 0.15) is 30.5 Å². The van der Waals surface area contributed by atoms with Crippen LogP contribution in [0.4, 0.5) is 0 Å². The molecule has 0 amide bonds. The quantitative estimate of drug-likeness (QED) is 0.789. The van der Waals surface area contributed by atoms with Crippen LogP contribution in [0.3, 0.4) is 0 Å². The summed E-state index contributed by atoms with van der Waals surface area (Å²) in [6, 6.07) is 3.98. The lowest BCUT2D eigenvalue weighted by Gasteiger charge is -2.23. The Kier molecular flexibility index (Phi) is 5.55. The van der Waals surface area contributed by atoms with Gasteiger partial charge in [0.2, 0.25) is 10.0 Å². The second-order valence-electron chi connectivity index (χ2n) is 6.56. The van der Waals surface area contributed by atoms with Crippen molar-refractivity contribution in [2.75, 3.05) is 18.8 Å². The molecule has 0 fully saturated rings. The summed E-state index contributed by atoms with van der Waals surface area (Å²) >= 11 is 0. The van der Waals surface area contributed by atoms with Crippen molar-refractivity contribution >= 4 is 10.0 Å². The van der Waals surface area contributed by atoms with Crippen LogP contribution < -0.4 is 4.72 Å². The molecule has 0 saturated heterocycles. The lowest BCUT2D eigenvalue weighted by Crippen LogP contribution is -2.32. The number of aromatic nitrogens is 3. The summed E-state index contributed by atoms with van der Waals surface area (Å²) in [5.74, 6) is 1.23. The van der Waals surface area contributed by atoms with E-state index in [1.165, 1.54) is 0 Å². The van der Waals surface area contributed by atoms with E-state index >= 15 is 0 Å². The molecule has 9 heteroatoms. The van der Waals surface area contributed by atoms with Gasteiger partial charge in [0.15, 0.2) is 0 Å².